The van der Waals surface area contributed by atoms with Crippen LogP contribution in [0.15, 0.2) is 0 Å². The first-order valence-electron chi connectivity index (χ1n) is 8.53. The van der Waals surface area contributed by atoms with Gasteiger partial charge < -0.3 is 5.32 Å². The topological polar surface area (TPSA) is 46.9 Å². The second-order valence-corrected chi connectivity index (χ2v) is 6.48. The van der Waals surface area contributed by atoms with Gasteiger partial charge in [-0.25, -0.2) is 17.6 Å². The van der Waals surface area contributed by atoms with Crippen LogP contribution in [-0.2, 0) is 37.6 Å². The number of nitrogens with zero attached hydrogens (tertiary/aromatic N) is 2. The summed E-state index contributed by atoms with van der Waals surface area (Å²) in [7, 11) is 1.62. The zero-order chi connectivity index (χ0) is 20.3. The summed E-state index contributed by atoms with van der Waals surface area (Å²) in [6.07, 6.45) is 0.586. The Morgan fingerprint density at radius 2 is 1.63 bits per heavy atom. The number of carbonyl (C=O) groups excluding carboxylic acids is 1. The quantitative estimate of drug-likeness (QED) is 0.559. The molecule has 148 valence electrons. The SMILES string of the molecule is CCCc1c(F)c(F)c(CNC(=O)Cc2c(Cl)c(CC)nn2C)c(F)c1F. The molecule has 0 unspecified atom stereocenters. The Hall–Kier alpha value is -2.09. The van der Waals surface area contributed by atoms with Crippen molar-refractivity contribution >= 4 is 17.5 Å². The summed E-state index contributed by atoms with van der Waals surface area (Å²) in [4.78, 5) is 12.1. The van der Waals surface area contributed by atoms with Crippen molar-refractivity contribution in [2.75, 3.05) is 0 Å². The molecule has 4 nitrogen and oxygen atoms in total. The first-order chi connectivity index (χ1) is 12.7. The number of amides is 1. The van der Waals surface area contributed by atoms with Gasteiger partial charge >= 0.3 is 0 Å². The maximum atomic E-state index is 14.1. The Balaban J connectivity index is 2.17. The minimum absolute atomic E-state index is 0.128. The van der Waals surface area contributed by atoms with E-state index in [0.29, 0.717) is 29.3 Å². The van der Waals surface area contributed by atoms with Gasteiger partial charge in [0.15, 0.2) is 23.3 Å². The number of rotatable bonds is 7. The highest BCUT2D eigenvalue weighted by Crippen LogP contribution is 2.25. The van der Waals surface area contributed by atoms with Gasteiger partial charge in [-0.15, -0.1) is 0 Å². The highest BCUT2D eigenvalue weighted by atomic mass is 35.5. The van der Waals surface area contributed by atoms with Gasteiger partial charge in [-0.2, -0.15) is 5.10 Å². The molecule has 0 saturated heterocycles. The number of aryl methyl sites for hydroxylation is 2. The summed E-state index contributed by atoms with van der Waals surface area (Å²) in [5, 5.41) is 6.77. The average Bonchev–Trinajstić information content (AvgIpc) is 2.91. The molecule has 0 spiro atoms. The van der Waals surface area contributed by atoms with E-state index in [4.69, 9.17) is 11.6 Å². The predicted molar refractivity (Wildman–Crippen MR) is 93.4 cm³/mol. The molecule has 0 saturated carbocycles. The molecule has 0 fully saturated rings. The lowest BCUT2D eigenvalue weighted by Crippen LogP contribution is -2.27. The van der Waals surface area contributed by atoms with Crippen molar-refractivity contribution in [1.82, 2.24) is 15.1 Å². The second-order valence-electron chi connectivity index (χ2n) is 6.10. The van der Waals surface area contributed by atoms with Crippen LogP contribution >= 0.6 is 11.6 Å². The Kier molecular flexibility index (Phi) is 6.86. The van der Waals surface area contributed by atoms with Crippen LogP contribution in [0, 0.1) is 23.3 Å². The molecule has 27 heavy (non-hydrogen) atoms. The normalized spacial score (nSPS) is 11.1. The molecule has 1 N–H and O–H groups in total. The molecule has 0 aliphatic carbocycles. The van der Waals surface area contributed by atoms with Crippen molar-refractivity contribution in [3.8, 4) is 0 Å². The maximum Gasteiger partial charge on any atom is 0.226 e. The summed E-state index contributed by atoms with van der Waals surface area (Å²) >= 11 is 6.15. The van der Waals surface area contributed by atoms with Gasteiger partial charge in [-0.3, -0.25) is 9.48 Å². The Bertz CT molecular complexity index is 838. The van der Waals surface area contributed by atoms with Crippen LogP contribution in [0.25, 0.3) is 0 Å². The van der Waals surface area contributed by atoms with E-state index in [1.807, 2.05) is 6.92 Å². The second kappa shape index (κ2) is 8.73. The molecule has 0 aliphatic heterocycles. The van der Waals surface area contributed by atoms with Crippen molar-refractivity contribution in [1.29, 1.82) is 0 Å². The number of halogens is 5. The average molecular weight is 406 g/mol. The summed E-state index contributed by atoms with van der Waals surface area (Å²) in [6.45, 7) is 2.80. The predicted octanol–water partition coefficient (Wildman–Crippen LogP) is 4.00. The largest absolute Gasteiger partial charge is 0.351 e. The molecule has 2 aromatic rings. The van der Waals surface area contributed by atoms with Crippen LogP contribution in [0.4, 0.5) is 17.6 Å². The summed E-state index contributed by atoms with van der Waals surface area (Å²) in [6, 6.07) is 0. The van der Waals surface area contributed by atoms with E-state index in [2.05, 4.69) is 10.4 Å². The van der Waals surface area contributed by atoms with E-state index in [1.165, 1.54) is 4.68 Å². The highest BCUT2D eigenvalue weighted by molar-refractivity contribution is 6.32. The van der Waals surface area contributed by atoms with E-state index >= 15 is 0 Å². The van der Waals surface area contributed by atoms with Crippen molar-refractivity contribution in [2.24, 2.45) is 7.05 Å². The van der Waals surface area contributed by atoms with Gasteiger partial charge in [0.2, 0.25) is 5.91 Å². The van der Waals surface area contributed by atoms with E-state index < -0.39 is 46.8 Å². The molecule has 1 aromatic carbocycles. The van der Waals surface area contributed by atoms with Gasteiger partial charge in [0.1, 0.15) is 0 Å². The van der Waals surface area contributed by atoms with Crippen molar-refractivity contribution in [3.05, 3.63) is 50.8 Å². The number of nitrogens with one attached hydrogen (secondary N) is 1. The third kappa shape index (κ3) is 4.26. The number of benzene rings is 1. The number of hydrogen-bond acceptors (Lipinski definition) is 2. The highest BCUT2D eigenvalue weighted by Gasteiger charge is 2.25. The van der Waals surface area contributed by atoms with Crippen LogP contribution < -0.4 is 5.32 Å². The molecule has 1 aromatic heterocycles. The lowest BCUT2D eigenvalue weighted by atomic mass is 10.0. The molecule has 2 rings (SSSR count). The van der Waals surface area contributed by atoms with E-state index in [1.54, 1.807) is 14.0 Å². The third-order valence-electron chi connectivity index (χ3n) is 4.24. The van der Waals surface area contributed by atoms with Crippen molar-refractivity contribution in [3.63, 3.8) is 0 Å². The van der Waals surface area contributed by atoms with Crippen LogP contribution in [0.5, 0.6) is 0 Å². The van der Waals surface area contributed by atoms with Crippen LogP contribution in [0.1, 0.15) is 42.8 Å². The third-order valence-corrected chi connectivity index (χ3v) is 4.67. The number of aromatic nitrogens is 2. The standard InChI is InChI=1S/C18H20ClF4N3O/c1-4-6-9-15(20)17(22)10(18(23)16(9)21)8-24-13(27)7-12-14(19)11(5-2)25-26(12)3/h4-8H2,1-3H3,(H,24,27). The smallest absolute Gasteiger partial charge is 0.226 e. The van der Waals surface area contributed by atoms with Crippen LogP contribution in [0.2, 0.25) is 5.02 Å². The fourth-order valence-electron chi connectivity index (χ4n) is 2.76. The maximum absolute atomic E-state index is 14.1. The van der Waals surface area contributed by atoms with E-state index in [9.17, 15) is 22.4 Å². The first kappa shape index (κ1) is 21.2. The fraction of sp³-hybridized carbons (Fsp3) is 0.444. The first-order valence-corrected chi connectivity index (χ1v) is 8.91. The number of carbonyl (C=O) groups is 1. The Morgan fingerprint density at radius 3 is 2.11 bits per heavy atom. The minimum atomic E-state index is -1.50. The van der Waals surface area contributed by atoms with Crippen molar-refractivity contribution in [2.45, 2.75) is 46.1 Å². The Morgan fingerprint density at radius 1 is 1.07 bits per heavy atom. The van der Waals surface area contributed by atoms with Crippen LogP contribution in [-0.4, -0.2) is 15.7 Å². The molecular weight excluding hydrogens is 386 g/mol. The fourth-order valence-corrected chi connectivity index (χ4v) is 3.12. The molecular formula is C18H20ClF4N3O. The molecule has 9 heteroatoms. The number of hydrogen-bond donors (Lipinski definition) is 1. The molecule has 0 bridgehead atoms. The zero-order valence-electron chi connectivity index (χ0n) is 15.2. The summed E-state index contributed by atoms with van der Waals surface area (Å²) in [5.41, 5.74) is -0.433. The van der Waals surface area contributed by atoms with Gasteiger partial charge in [-0.05, 0) is 12.8 Å². The summed E-state index contributed by atoms with van der Waals surface area (Å²) < 4.78 is 57.6. The lowest BCUT2D eigenvalue weighted by Gasteiger charge is -2.12. The molecule has 1 heterocycles. The molecule has 0 aliphatic rings. The van der Waals surface area contributed by atoms with Crippen LogP contribution in [0.3, 0.4) is 0 Å². The van der Waals surface area contributed by atoms with Gasteiger partial charge in [0.25, 0.3) is 0 Å². The Labute approximate surface area is 159 Å². The minimum Gasteiger partial charge on any atom is -0.351 e. The van der Waals surface area contributed by atoms with Gasteiger partial charge in [-0.1, -0.05) is 31.9 Å². The van der Waals surface area contributed by atoms with E-state index in [-0.39, 0.29) is 12.8 Å². The zero-order valence-corrected chi connectivity index (χ0v) is 16.0. The van der Waals surface area contributed by atoms with Gasteiger partial charge in [0, 0.05) is 24.7 Å². The van der Waals surface area contributed by atoms with E-state index in [0.717, 1.165) is 0 Å². The molecule has 0 radical (unpaired) electrons. The van der Waals surface area contributed by atoms with Gasteiger partial charge in [0.05, 0.1) is 22.8 Å². The molecule has 1 amide bonds. The molecule has 0 atom stereocenters. The lowest BCUT2D eigenvalue weighted by molar-refractivity contribution is -0.120. The monoisotopic (exact) mass is 405 g/mol. The van der Waals surface area contributed by atoms with Crippen molar-refractivity contribution < 1.29 is 22.4 Å². The summed E-state index contributed by atoms with van der Waals surface area (Å²) in [5.74, 6) is -6.46.